The largest absolute Gasteiger partial charge is 0.308 e. The molecular weight excluding hydrogens is 232 g/mol. The average molecular weight is 264 g/mol. The summed E-state index contributed by atoms with van der Waals surface area (Å²) in [6.07, 6.45) is 8.59. The van der Waals surface area contributed by atoms with Crippen molar-refractivity contribution >= 4 is 0 Å². The predicted molar refractivity (Wildman–Crippen MR) is 81.3 cm³/mol. The van der Waals surface area contributed by atoms with E-state index < -0.39 is 0 Å². The second-order valence-electron chi connectivity index (χ2n) is 7.80. The second-order valence-corrected chi connectivity index (χ2v) is 7.80. The summed E-state index contributed by atoms with van der Waals surface area (Å²) >= 11 is 0. The molecule has 0 bridgehead atoms. The molecular formula is C17H32N2. The molecule has 0 aromatic heterocycles. The summed E-state index contributed by atoms with van der Waals surface area (Å²) in [5.41, 5.74) is 0.414. The summed E-state index contributed by atoms with van der Waals surface area (Å²) in [6, 6.07) is 0.839. The van der Waals surface area contributed by atoms with E-state index in [2.05, 4.69) is 31.0 Å². The zero-order valence-corrected chi connectivity index (χ0v) is 13.1. The maximum absolute atomic E-state index is 3.92. The molecule has 2 saturated carbocycles. The van der Waals surface area contributed by atoms with E-state index in [-0.39, 0.29) is 0 Å². The van der Waals surface area contributed by atoms with Gasteiger partial charge in [0.15, 0.2) is 0 Å². The van der Waals surface area contributed by atoms with Crippen molar-refractivity contribution in [3.63, 3.8) is 0 Å². The van der Waals surface area contributed by atoms with E-state index in [0.29, 0.717) is 5.54 Å². The summed E-state index contributed by atoms with van der Waals surface area (Å²) in [7, 11) is 0. The van der Waals surface area contributed by atoms with Gasteiger partial charge in [0.25, 0.3) is 0 Å². The van der Waals surface area contributed by atoms with E-state index >= 15 is 0 Å². The highest BCUT2D eigenvalue weighted by Crippen LogP contribution is 2.44. The summed E-state index contributed by atoms with van der Waals surface area (Å²) in [6.45, 7) is 11.1. The van der Waals surface area contributed by atoms with Gasteiger partial charge in [-0.25, -0.2) is 0 Å². The molecule has 0 aromatic carbocycles. The summed E-state index contributed by atoms with van der Waals surface area (Å²) in [4.78, 5) is 2.87. The molecule has 110 valence electrons. The molecule has 3 rings (SSSR count). The molecule has 2 nitrogen and oxygen atoms in total. The minimum absolute atomic E-state index is 0.414. The first-order valence-corrected chi connectivity index (χ1v) is 8.61. The van der Waals surface area contributed by atoms with Crippen molar-refractivity contribution in [3.8, 4) is 0 Å². The van der Waals surface area contributed by atoms with E-state index in [0.717, 1.165) is 23.8 Å². The van der Waals surface area contributed by atoms with Crippen LogP contribution in [-0.2, 0) is 0 Å². The third-order valence-corrected chi connectivity index (χ3v) is 5.69. The molecule has 19 heavy (non-hydrogen) atoms. The third-order valence-electron chi connectivity index (χ3n) is 5.69. The minimum atomic E-state index is 0.414. The standard InChI is InChI=1S/C17H32N2/c1-4-5-13(2)11-19-12-17(3,15-8-9-15)18-10-16(19)14-6-7-14/h13-16,18H,4-12H2,1-3H3. The highest BCUT2D eigenvalue weighted by molar-refractivity contribution is 5.06. The van der Waals surface area contributed by atoms with Crippen LogP contribution in [-0.4, -0.2) is 36.1 Å². The molecule has 1 N–H and O–H groups in total. The Balaban J connectivity index is 1.63. The maximum atomic E-state index is 3.92. The summed E-state index contributed by atoms with van der Waals surface area (Å²) < 4.78 is 0. The average Bonchev–Trinajstić information content (AvgIpc) is 3.22. The molecule has 3 aliphatic rings. The number of nitrogens with one attached hydrogen (secondary N) is 1. The van der Waals surface area contributed by atoms with Gasteiger partial charge in [0.05, 0.1) is 0 Å². The van der Waals surface area contributed by atoms with Crippen LogP contribution in [0.1, 0.15) is 59.3 Å². The molecule has 2 heteroatoms. The lowest BCUT2D eigenvalue weighted by Gasteiger charge is -2.48. The first-order valence-electron chi connectivity index (χ1n) is 8.61. The molecule has 0 amide bonds. The van der Waals surface area contributed by atoms with Gasteiger partial charge in [0.1, 0.15) is 0 Å². The lowest BCUT2D eigenvalue weighted by atomic mass is 9.89. The molecule has 1 heterocycles. The zero-order chi connectivity index (χ0) is 13.5. The quantitative estimate of drug-likeness (QED) is 0.792. The first kappa shape index (κ1) is 13.9. The van der Waals surface area contributed by atoms with Crippen molar-refractivity contribution in [1.82, 2.24) is 10.2 Å². The van der Waals surface area contributed by atoms with Crippen molar-refractivity contribution in [1.29, 1.82) is 0 Å². The Morgan fingerprint density at radius 2 is 2.00 bits per heavy atom. The lowest BCUT2D eigenvalue weighted by molar-refractivity contribution is 0.0519. The van der Waals surface area contributed by atoms with Crippen LogP contribution in [0.4, 0.5) is 0 Å². The molecule has 2 aliphatic carbocycles. The van der Waals surface area contributed by atoms with Gasteiger partial charge in [0, 0.05) is 31.2 Å². The first-order chi connectivity index (χ1) is 9.12. The molecule has 1 aliphatic heterocycles. The van der Waals surface area contributed by atoms with Crippen LogP contribution in [0, 0.1) is 17.8 Å². The highest BCUT2D eigenvalue weighted by Gasteiger charge is 2.48. The Bertz CT molecular complexity index is 308. The fourth-order valence-electron chi connectivity index (χ4n) is 4.19. The van der Waals surface area contributed by atoms with Crippen LogP contribution in [0.2, 0.25) is 0 Å². The molecule has 1 saturated heterocycles. The van der Waals surface area contributed by atoms with Crippen LogP contribution < -0.4 is 5.32 Å². The van der Waals surface area contributed by atoms with E-state index in [1.54, 1.807) is 0 Å². The molecule has 3 unspecified atom stereocenters. The number of hydrogen-bond acceptors (Lipinski definition) is 2. The number of nitrogens with zero attached hydrogens (tertiary/aromatic N) is 1. The van der Waals surface area contributed by atoms with Crippen molar-refractivity contribution in [2.75, 3.05) is 19.6 Å². The van der Waals surface area contributed by atoms with Gasteiger partial charge in [0.2, 0.25) is 0 Å². The number of piperazine rings is 1. The zero-order valence-electron chi connectivity index (χ0n) is 13.1. The summed E-state index contributed by atoms with van der Waals surface area (Å²) in [5, 5.41) is 3.92. The van der Waals surface area contributed by atoms with Crippen molar-refractivity contribution in [2.45, 2.75) is 70.9 Å². The SMILES string of the molecule is CCCC(C)CN1CC(C)(C2CC2)NCC1C1CC1. The summed E-state index contributed by atoms with van der Waals surface area (Å²) in [5.74, 6) is 2.83. The van der Waals surface area contributed by atoms with Crippen LogP contribution in [0.3, 0.4) is 0 Å². The molecule has 3 fully saturated rings. The van der Waals surface area contributed by atoms with E-state index in [9.17, 15) is 0 Å². The van der Waals surface area contributed by atoms with E-state index in [1.807, 2.05) is 0 Å². The molecule has 3 atom stereocenters. The van der Waals surface area contributed by atoms with Crippen LogP contribution in [0.5, 0.6) is 0 Å². The van der Waals surface area contributed by atoms with Gasteiger partial charge in [-0.2, -0.15) is 0 Å². The van der Waals surface area contributed by atoms with Gasteiger partial charge in [-0.3, -0.25) is 4.90 Å². The normalized spacial score (nSPS) is 38.4. The third kappa shape index (κ3) is 3.16. The highest BCUT2D eigenvalue weighted by atomic mass is 15.3. The Morgan fingerprint density at radius 3 is 2.58 bits per heavy atom. The Morgan fingerprint density at radius 1 is 1.26 bits per heavy atom. The van der Waals surface area contributed by atoms with Crippen LogP contribution in [0.25, 0.3) is 0 Å². The predicted octanol–water partition coefficient (Wildman–Crippen LogP) is 3.28. The van der Waals surface area contributed by atoms with Crippen molar-refractivity contribution in [2.24, 2.45) is 17.8 Å². The van der Waals surface area contributed by atoms with E-state index in [4.69, 9.17) is 0 Å². The molecule has 0 spiro atoms. The number of hydrogen-bond donors (Lipinski definition) is 1. The maximum Gasteiger partial charge on any atom is 0.0309 e. The van der Waals surface area contributed by atoms with Gasteiger partial charge >= 0.3 is 0 Å². The van der Waals surface area contributed by atoms with Gasteiger partial charge in [-0.15, -0.1) is 0 Å². The second kappa shape index (κ2) is 5.37. The minimum Gasteiger partial charge on any atom is -0.308 e. The monoisotopic (exact) mass is 264 g/mol. The molecule has 0 aromatic rings. The number of rotatable bonds is 6. The Labute approximate surface area is 119 Å². The Kier molecular flexibility index (Phi) is 3.92. The fraction of sp³-hybridized carbons (Fsp3) is 1.00. The Hall–Kier alpha value is -0.0800. The van der Waals surface area contributed by atoms with Gasteiger partial charge < -0.3 is 5.32 Å². The topological polar surface area (TPSA) is 15.3 Å². The smallest absolute Gasteiger partial charge is 0.0309 e. The molecule has 0 radical (unpaired) electrons. The lowest BCUT2D eigenvalue weighted by Crippen LogP contribution is -2.65. The van der Waals surface area contributed by atoms with Crippen molar-refractivity contribution < 1.29 is 0 Å². The van der Waals surface area contributed by atoms with Crippen molar-refractivity contribution in [3.05, 3.63) is 0 Å². The van der Waals surface area contributed by atoms with E-state index in [1.165, 1.54) is 58.2 Å². The van der Waals surface area contributed by atoms with Gasteiger partial charge in [-0.05, 0) is 56.8 Å². The van der Waals surface area contributed by atoms with Crippen LogP contribution in [0.15, 0.2) is 0 Å². The fourth-order valence-corrected chi connectivity index (χ4v) is 4.19. The van der Waals surface area contributed by atoms with Gasteiger partial charge in [-0.1, -0.05) is 20.3 Å². The van der Waals surface area contributed by atoms with Crippen LogP contribution >= 0.6 is 0 Å².